The van der Waals surface area contributed by atoms with Gasteiger partial charge in [0.2, 0.25) is 0 Å². The van der Waals surface area contributed by atoms with Crippen molar-refractivity contribution < 1.29 is 5.11 Å². The van der Waals surface area contributed by atoms with E-state index >= 15 is 0 Å². The van der Waals surface area contributed by atoms with Gasteiger partial charge in [-0.05, 0) is 37.1 Å². The molecular formula is C11H19ClN2O. The summed E-state index contributed by atoms with van der Waals surface area (Å²) in [6.45, 7) is 0.725. The number of halogens is 1. The number of rotatable bonds is 5. The second-order valence-corrected chi connectivity index (χ2v) is 3.48. The fourth-order valence-corrected chi connectivity index (χ4v) is 1.40. The van der Waals surface area contributed by atoms with Crippen LogP contribution in [-0.4, -0.2) is 11.7 Å². The SMILES string of the molecule is Cl.NCCCC[C@@H](N)c1ccc(O)cc1. The van der Waals surface area contributed by atoms with E-state index in [0.717, 1.165) is 31.4 Å². The van der Waals surface area contributed by atoms with Gasteiger partial charge in [-0.25, -0.2) is 0 Å². The summed E-state index contributed by atoms with van der Waals surface area (Å²) in [6.07, 6.45) is 3.02. The van der Waals surface area contributed by atoms with E-state index in [1.807, 2.05) is 12.1 Å². The molecule has 0 heterocycles. The van der Waals surface area contributed by atoms with Crippen LogP contribution >= 0.6 is 12.4 Å². The van der Waals surface area contributed by atoms with Gasteiger partial charge in [-0.2, -0.15) is 0 Å². The van der Waals surface area contributed by atoms with Crippen LogP contribution < -0.4 is 11.5 Å². The van der Waals surface area contributed by atoms with E-state index in [1.165, 1.54) is 0 Å². The van der Waals surface area contributed by atoms with Crippen LogP contribution in [0.3, 0.4) is 0 Å². The quantitative estimate of drug-likeness (QED) is 0.677. The van der Waals surface area contributed by atoms with Gasteiger partial charge < -0.3 is 16.6 Å². The number of hydrogen-bond acceptors (Lipinski definition) is 3. The minimum absolute atomic E-state index is 0. The molecule has 4 heteroatoms. The van der Waals surface area contributed by atoms with Gasteiger partial charge in [0, 0.05) is 6.04 Å². The zero-order valence-electron chi connectivity index (χ0n) is 8.73. The Kier molecular flexibility index (Phi) is 7.13. The first-order valence-corrected chi connectivity index (χ1v) is 4.98. The van der Waals surface area contributed by atoms with Gasteiger partial charge in [-0.15, -0.1) is 12.4 Å². The van der Waals surface area contributed by atoms with Crippen molar-refractivity contribution in [2.24, 2.45) is 11.5 Å². The highest BCUT2D eigenvalue weighted by molar-refractivity contribution is 5.85. The first kappa shape index (κ1) is 14.2. The third-order valence-corrected chi connectivity index (χ3v) is 2.29. The summed E-state index contributed by atoms with van der Waals surface area (Å²) in [5.41, 5.74) is 12.4. The molecule has 0 aliphatic rings. The Labute approximate surface area is 96.9 Å². The molecule has 3 nitrogen and oxygen atoms in total. The van der Waals surface area contributed by atoms with Gasteiger partial charge in [0.05, 0.1) is 0 Å². The number of benzene rings is 1. The van der Waals surface area contributed by atoms with Crippen LogP contribution in [0, 0.1) is 0 Å². The van der Waals surface area contributed by atoms with E-state index in [-0.39, 0.29) is 24.2 Å². The third kappa shape index (κ3) is 5.02. The van der Waals surface area contributed by atoms with Gasteiger partial charge in [-0.1, -0.05) is 18.6 Å². The maximum Gasteiger partial charge on any atom is 0.115 e. The molecule has 0 saturated heterocycles. The van der Waals surface area contributed by atoms with Gasteiger partial charge in [0.15, 0.2) is 0 Å². The second-order valence-electron chi connectivity index (χ2n) is 3.48. The van der Waals surface area contributed by atoms with Crippen molar-refractivity contribution in [3.8, 4) is 5.75 Å². The van der Waals surface area contributed by atoms with Crippen molar-refractivity contribution in [2.45, 2.75) is 25.3 Å². The molecule has 0 bridgehead atoms. The van der Waals surface area contributed by atoms with Gasteiger partial charge >= 0.3 is 0 Å². The number of unbranched alkanes of at least 4 members (excludes halogenated alkanes) is 1. The highest BCUT2D eigenvalue weighted by atomic mass is 35.5. The zero-order valence-corrected chi connectivity index (χ0v) is 9.54. The molecule has 0 aliphatic heterocycles. The number of phenolic OH excluding ortho intramolecular Hbond substituents is 1. The minimum atomic E-state index is 0. The second kappa shape index (κ2) is 7.51. The zero-order chi connectivity index (χ0) is 10.4. The van der Waals surface area contributed by atoms with Crippen LogP contribution in [0.2, 0.25) is 0 Å². The minimum Gasteiger partial charge on any atom is -0.508 e. The molecule has 0 amide bonds. The summed E-state index contributed by atoms with van der Waals surface area (Å²) < 4.78 is 0. The first-order chi connectivity index (χ1) is 6.74. The summed E-state index contributed by atoms with van der Waals surface area (Å²) >= 11 is 0. The molecule has 0 radical (unpaired) electrons. The predicted octanol–water partition coefficient (Wildman–Crippen LogP) is 1.94. The molecule has 1 aromatic carbocycles. The summed E-state index contributed by atoms with van der Waals surface area (Å²) in [7, 11) is 0. The summed E-state index contributed by atoms with van der Waals surface area (Å²) in [6, 6.07) is 7.11. The normalized spacial score (nSPS) is 11.9. The molecule has 0 spiro atoms. The van der Waals surface area contributed by atoms with Crippen molar-refractivity contribution in [3.05, 3.63) is 29.8 Å². The molecular weight excluding hydrogens is 212 g/mol. The Morgan fingerprint density at radius 3 is 2.27 bits per heavy atom. The highest BCUT2D eigenvalue weighted by Gasteiger charge is 2.04. The van der Waals surface area contributed by atoms with E-state index in [4.69, 9.17) is 16.6 Å². The molecule has 0 aromatic heterocycles. The van der Waals surface area contributed by atoms with Crippen LogP contribution in [0.15, 0.2) is 24.3 Å². The predicted molar refractivity (Wildman–Crippen MR) is 65.2 cm³/mol. The Balaban J connectivity index is 0.00000196. The fraction of sp³-hybridized carbons (Fsp3) is 0.455. The van der Waals surface area contributed by atoms with Crippen LogP contribution in [0.4, 0.5) is 0 Å². The van der Waals surface area contributed by atoms with E-state index in [2.05, 4.69) is 0 Å². The Morgan fingerprint density at radius 1 is 1.13 bits per heavy atom. The van der Waals surface area contributed by atoms with Crippen molar-refractivity contribution in [2.75, 3.05) is 6.54 Å². The Morgan fingerprint density at radius 2 is 1.73 bits per heavy atom. The average Bonchev–Trinajstić information content (AvgIpc) is 2.19. The number of aromatic hydroxyl groups is 1. The number of phenols is 1. The molecule has 0 saturated carbocycles. The van der Waals surface area contributed by atoms with Crippen LogP contribution in [0.25, 0.3) is 0 Å². The molecule has 5 N–H and O–H groups in total. The number of hydrogen-bond donors (Lipinski definition) is 3. The Hall–Kier alpha value is -0.770. The third-order valence-electron chi connectivity index (χ3n) is 2.29. The molecule has 86 valence electrons. The molecule has 0 aliphatic carbocycles. The lowest BCUT2D eigenvalue weighted by Gasteiger charge is -2.11. The fourth-order valence-electron chi connectivity index (χ4n) is 1.40. The summed E-state index contributed by atoms with van der Waals surface area (Å²) in [5, 5.41) is 9.10. The van der Waals surface area contributed by atoms with Crippen molar-refractivity contribution >= 4 is 12.4 Å². The molecule has 1 rings (SSSR count). The van der Waals surface area contributed by atoms with Crippen molar-refractivity contribution in [3.63, 3.8) is 0 Å². The summed E-state index contributed by atoms with van der Waals surface area (Å²) in [4.78, 5) is 0. The standard InChI is InChI=1S/C11H18N2O.ClH/c12-8-2-1-3-11(13)9-4-6-10(14)7-5-9;/h4-7,11,14H,1-3,8,12-13H2;1H/t11-;/m1./s1. The van der Waals surface area contributed by atoms with Crippen molar-refractivity contribution in [1.82, 2.24) is 0 Å². The maximum atomic E-state index is 9.10. The van der Waals surface area contributed by atoms with E-state index in [0.29, 0.717) is 0 Å². The lowest BCUT2D eigenvalue weighted by molar-refractivity contribution is 0.474. The molecule has 1 aromatic rings. The van der Waals surface area contributed by atoms with Crippen LogP contribution in [0.1, 0.15) is 30.9 Å². The Bertz CT molecular complexity index is 264. The highest BCUT2D eigenvalue weighted by Crippen LogP contribution is 2.18. The first-order valence-electron chi connectivity index (χ1n) is 4.98. The average molecular weight is 231 g/mol. The van der Waals surface area contributed by atoms with Gasteiger partial charge in [0.1, 0.15) is 5.75 Å². The molecule has 15 heavy (non-hydrogen) atoms. The summed E-state index contributed by atoms with van der Waals surface area (Å²) in [5.74, 6) is 0.280. The lowest BCUT2D eigenvalue weighted by Crippen LogP contribution is -2.10. The van der Waals surface area contributed by atoms with E-state index in [9.17, 15) is 0 Å². The topological polar surface area (TPSA) is 72.3 Å². The monoisotopic (exact) mass is 230 g/mol. The largest absolute Gasteiger partial charge is 0.508 e. The van der Waals surface area contributed by atoms with E-state index < -0.39 is 0 Å². The molecule has 0 fully saturated rings. The van der Waals surface area contributed by atoms with Crippen LogP contribution in [0.5, 0.6) is 5.75 Å². The molecule has 0 unspecified atom stereocenters. The van der Waals surface area contributed by atoms with E-state index in [1.54, 1.807) is 12.1 Å². The lowest BCUT2D eigenvalue weighted by atomic mass is 10.0. The van der Waals surface area contributed by atoms with Gasteiger partial charge in [0.25, 0.3) is 0 Å². The maximum absolute atomic E-state index is 9.10. The van der Waals surface area contributed by atoms with Gasteiger partial charge in [-0.3, -0.25) is 0 Å². The van der Waals surface area contributed by atoms with Crippen molar-refractivity contribution in [1.29, 1.82) is 0 Å². The smallest absolute Gasteiger partial charge is 0.115 e. The number of nitrogens with two attached hydrogens (primary N) is 2. The van der Waals surface area contributed by atoms with Crippen LogP contribution in [-0.2, 0) is 0 Å². The molecule has 1 atom stereocenters.